The predicted octanol–water partition coefficient (Wildman–Crippen LogP) is 14.6. The summed E-state index contributed by atoms with van der Waals surface area (Å²) in [5.74, 6) is -1.23. The van der Waals surface area contributed by atoms with Gasteiger partial charge < -0.3 is 20.9 Å². The van der Waals surface area contributed by atoms with Gasteiger partial charge in [0.15, 0.2) is 0 Å². The van der Waals surface area contributed by atoms with E-state index in [9.17, 15) is 19.5 Å². The maximum absolute atomic E-state index is 12.9. The second-order valence-corrected chi connectivity index (χ2v) is 17.2. The van der Waals surface area contributed by atoms with Crippen LogP contribution in [0.4, 0.5) is 0 Å². The first-order chi connectivity index (χ1) is 27.9. The summed E-state index contributed by atoms with van der Waals surface area (Å²) in [5, 5.41) is 12.0. The summed E-state index contributed by atoms with van der Waals surface area (Å²) in [6.45, 7) is 4.97. The van der Waals surface area contributed by atoms with E-state index in [0.29, 0.717) is 32.2 Å². The van der Waals surface area contributed by atoms with Crippen molar-refractivity contribution in [2.45, 2.75) is 283 Å². The molecule has 0 aromatic rings. The van der Waals surface area contributed by atoms with E-state index in [2.05, 4.69) is 31.3 Å². The average molecular weight is 805 g/mol. The number of ether oxygens (including phenoxy) is 1. The summed E-state index contributed by atoms with van der Waals surface area (Å²) in [4.78, 5) is 36.5. The van der Waals surface area contributed by atoms with E-state index < -0.39 is 12.0 Å². The number of aliphatic carboxylic acids is 1. The van der Waals surface area contributed by atoms with Crippen LogP contribution in [0.2, 0.25) is 0 Å². The van der Waals surface area contributed by atoms with Crippen LogP contribution in [0, 0.1) is 0 Å². The Morgan fingerprint density at radius 3 is 1.33 bits per heavy atom. The molecule has 57 heavy (non-hydrogen) atoms. The molecule has 7 heteroatoms. The van der Waals surface area contributed by atoms with Crippen LogP contribution in [0.1, 0.15) is 271 Å². The molecule has 4 N–H and O–H groups in total. The van der Waals surface area contributed by atoms with Crippen molar-refractivity contribution in [3.8, 4) is 0 Å². The fraction of sp³-hybridized carbons (Fsp3) is 0.900. The van der Waals surface area contributed by atoms with E-state index >= 15 is 0 Å². The van der Waals surface area contributed by atoms with E-state index in [4.69, 9.17) is 10.5 Å². The van der Waals surface area contributed by atoms with E-state index in [1.165, 1.54) is 161 Å². The number of nitrogens with two attached hydrogens (primary N) is 1. The normalized spacial score (nSPS) is 12.6. The quantitative estimate of drug-likeness (QED) is 0.0320. The van der Waals surface area contributed by atoms with Crippen molar-refractivity contribution in [2.24, 2.45) is 5.73 Å². The maximum atomic E-state index is 12.9. The van der Waals surface area contributed by atoms with Crippen molar-refractivity contribution < 1.29 is 24.2 Å². The number of carboxylic acids is 1. The highest BCUT2D eigenvalue weighted by Crippen LogP contribution is 2.19. The fourth-order valence-electron chi connectivity index (χ4n) is 7.81. The van der Waals surface area contributed by atoms with Crippen LogP contribution >= 0.6 is 0 Å². The van der Waals surface area contributed by atoms with Gasteiger partial charge in [0.1, 0.15) is 12.1 Å². The van der Waals surface area contributed by atoms with Crippen molar-refractivity contribution in [2.75, 3.05) is 6.54 Å². The molecule has 0 heterocycles. The summed E-state index contributed by atoms with van der Waals surface area (Å²) in [6.07, 6.45) is 51.3. The molecule has 0 aliphatic carbocycles. The topological polar surface area (TPSA) is 119 Å². The number of nitrogens with one attached hydrogen (secondary N) is 1. The molecular weight excluding hydrogens is 709 g/mol. The number of unbranched alkanes of at least 4 members (excludes halogenated alkanes) is 30. The molecule has 0 saturated heterocycles. The van der Waals surface area contributed by atoms with Crippen LogP contribution in [0.5, 0.6) is 0 Å². The molecular formula is C50H96N2O5. The maximum Gasteiger partial charge on any atom is 0.326 e. The molecule has 7 nitrogen and oxygen atoms in total. The molecule has 0 fully saturated rings. The number of esters is 1. The number of hydrogen-bond acceptors (Lipinski definition) is 5. The minimum atomic E-state index is -1.00. The van der Waals surface area contributed by atoms with Crippen LogP contribution in [-0.4, -0.2) is 41.6 Å². The Balaban J connectivity index is 4.26. The first-order valence-corrected chi connectivity index (χ1v) is 25.0. The zero-order valence-electron chi connectivity index (χ0n) is 38.0. The first kappa shape index (κ1) is 55.1. The molecule has 0 aromatic carbocycles. The van der Waals surface area contributed by atoms with Gasteiger partial charge in [0, 0.05) is 12.8 Å². The Hall–Kier alpha value is -1.89. The summed E-state index contributed by atoms with van der Waals surface area (Å²) in [5.41, 5.74) is 5.50. The van der Waals surface area contributed by atoms with Gasteiger partial charge in [0.2, 0.25) is 5.91 Å². The predicted molar refractivity (Wildman–Crippen MR) is 244 cm³/mol. The van der Waals surface area contributed by atoms with Gasteiger partial charge in [-0.25, -0.2) is 4.79 Å². The Kier molecular flexibility index (Phi) is 43.7. The molecule has 1 amide bonds. The summed E-state index contributed by atoms with van der Waals surface area (Å²) in [7, 11) is 0. The van der Waals surface area contributed by atoms with Crippen LogP contribution < -0.4 is 11.1 Å². The highest BCUT2D eigenvalue weighted by atomic mass is 16.5. The Morgan fingerprint density at radius 1 is 0.491 bits per heavy atom. The number of carboxylic acid groups (broad SMARTS) is 1. The van der Waals surface area contributed by atoms with Crippen molar-refractivity contribution in [1.82, 2.24) is 5.32 Å². The minimum Gasteiger partial charge on any atom is -0.480 e. The van der Waals surface area contributed by atoms with Gasteiger partial charge in [-0.1, -0.05) is 199 Å². The SMILES string of the molecule is CCCCCCCCCC/C=C\CCCC(CCCCCCCC(=O)NC(CCCN)C(=O)O)OC(=O)CCCCCCCCCCCCCCCCCCCC. The third-order valence-corrected chi connectivity index (χ3v) is 11.6. The lowest BCUT2D eigenvalue weighted by molar-refractivity contribution is -0.150. The summed E-state index contributed by atoms with van der Waals surface area (Å²) >= 11 is 0. The van der Waals surface area contributed by atoms with Crippen LogP contribution in [-0.2, 0) is 19.1 Å². The van der Waals surface area contributed by atoms with E-state index in [0.717, 1.165) is 70.6 Å². The molecule has 0 rings (SSSR count). The van der Waals surface area contributed by atoms with Crippen molar-refractivity contribution in [1.29, 1.82) is 0 Å². The monoisotopic (exact) mass is 805 g/mol. The minimum absolute atomic E-state index is 0.0126. The smallest absolute Gasteiger partial charge is 0.326 e. The highest BCUT2D eigenvalue weighted by molar-refractivity contribution is 5.83. The number of carbonyl (C=O) groups excluding carboxylic acids is 2. The zero-order valence-corrected chi connectivity index (χ0v) is 38.0. The number of carbonyl (C=O) groups is 3. The summed E-state index contributed by atoms with van der Waals surface area (Å²) < 4.78 is 6.06. The third-order valence-electron chi connectivity index (χ3n) is 11.6. The lowest BCUT2D eigenvalue weighted by atomic mass is 10.0. The van der Waals surface area contributed by atoms with E-state index in [-0.39, 0.29) is 18.0 Å². The second-order valence-electron chi connectivity index (χ2n) is 17.2. The number of allylic oxidation sites excluding steroid dienone is 2. The molecule has 336 valence electrons. The molecule has 2 atom stereocenters. The third kappa shape index (κ3) is 42.1. The van der Waals surface area contributed by atoms with Crippen molar-refractivity contribution >= 4 is 17.8 Å². The first-order valence-electron chi connectivity index (χ1n) is 25.0. The lowest BCUT2D eigenvalue weighted by Gasteiger charge is -2.18. The van der Waals surface area contributed by atoms with Gasteiger partial charge >= 0.3 is 11.9 Å². The Labute approximate surface area is 353 Å². The summed E-state index contributed by atoms with van der Waals surface area (Å²) in [6, 6.07) is -0.857. The van der Waals surface area contributed by atoms with Crippen LogP contribution in [0.3, 0.4) is 0 Å². The molecule has 0 aliphatic heterocycles. The molecule has 2 unspecified atom stereocenters. The number of amides is 1. The van der Waals surface area contributed by atoms with Gasteiger partial charge in [-0.3, -0.25) is 9.59 Å². The van der Waals surface area contributed by atoms with E-state index in [1.807, 2.05) is 0 Å². The standard InChI is InChI=1S/C50H96N2O5/c1-3-5-7-9-11-13-15-17-18-19-20-21-23-25-27-29-34-38-44-49(54)57-46(40-35-31-28-26-24-22-16-14-12-10-8-6-4-2)41-36-32-30-33-37-43-48(53)52-47(50(55)56)42-39-45-51/h26,28,46-47H,3-25,27,29-45,51H2,1-2H3,(H,52,53)(H,55,56)/b28-26-. The van der Waals surface area contributed by atoms with Crippen molar-refractivity contribution in [3.05, 3.63) is 12.2 Å². The van der Waals surface area contributed by atoms with Gasteiger partial charge in [0.25, 0.3) is 0 Å². The van der Waals surface area contributed by atoms with Gasteiger partial charge in [-0.05, 0) is 77.2 Å². The largest absolute Gasteiger partial charge is 0.480 e. The molecule has 0 aliphatic rings. The average Bonchev–Trinajstić information content (AvgIpc) is 3.20. The number of hydrogen-bond donors (Lipinski definition) is 3. The molecule has 0 radical (unpaired) electrons. The lowest BCUT2D eigenvalue weighted by Crippen LogP contribution is -2.40. The second kappa shape index (κ2) is 45.2. The van der Waals surface area contributed by atoms with Gasteiger partial charge in [-0.2, -0.15) is 0 Å². The molecule has 0 spiro atoms. The number of rotatable bonds is 46. The zero-order chi connectivity index (χ0) is 41.7. The fourth-order valence-corrected chi connectivity index (χ4v) is 7.81. The Bertz CT molecular complexity index is 909. The van der Waals surface area contributed by atoms with Crippen molar-refractivity contribution in [3.63, 3.8) is 0 Å². The Morgan fingerprint density at radius 2 is 0.877 bits per heavy atom. The van der Waals surface area contributed by atoms with Gasteiger partial charge in [0.05, 0.1) is 0 Å². The van der Waals surface area contributed by atoms with Crippen LogP contribution in [0.15, 0.2) is 12.2 Å². The van der Waals surface area contributed by atoms with E-state index in [1.54, 1.807) is 0 Å². The molecule has 0 bridgehead atoms. The van der Waals surface area contributed by atoms with Gasteiger partial charge in [-0.15, -0.1) is 0 Å². The molecule has 0 aromatic heterocycles. The molecule has 0 saturated carbocycles. The highest BCUT2D eigenvalue weighted by Gasteiger charge is 2.19. The van der Waals surface area contributed by atoms with Crippen LogP contribution in [0.25, 0.3) is 0 Å².